The summed E-state index contributed by atoms with van der Waals surface area (Å²) in [6, 6.07) is 15.7. The van der Waals surface area contributed by atoms with Crippen LogP contribution in [0.2, 0.25) is 0 Å². The van der Waals surface area contributed by atoms with Crippen LogP contribution >= 0.6 is 0 Å². The van der Waals surface area contributed by atoms with E-state index >= 15 is 0 Å². The van der Waals surface area contributed by atoms with E-state index in [9.17, 15) is 71.9 Å². The summed E-state index contributed by atoms with van der Waals surface area (Å²) in [5.74, 6) is -6.75. The highest BCUT2D eigenvalue weighted by Crippen LogP contribution is 2.24. The number of imide groups is 1. The third-order valence-corrected chi connectivity index (χ3v) is 19.8. The third-order valence-electron chi connectivity index (χ3n) is 19.8. The summed E-state index contributed by atoms with van der Waals surface area (Å²) in [6.45, 7) is 9.51. The van der Waals surface area contributed by atoms with Crippen molar-refractivity contribution in [2.75, 3.05) is 264 Å². The van der Waals surface area contributed by atoms with Gasteiger partial charge in [-0.1, -0.05) is 67.1 Å². The van der Waals surface area contributed by atoms with Crippen molar-refractivity contribution in [3.8, 4) is 0 Å². The van der Waals surface area contributed by atoms with E-state index in [0.717, 1.165) is 18.4 Å². The fraction of sp³-hybridized carbons (Fsp3) is 0.667. The Hall–Kier alpha value is -9.77. The molecule has 10 N–H and O–H groups in total. The van der Waals surface area contributed by atoms with Crippen LogP contribution in [0.25, 0.3) is 0 Å². The maximum atomic E-state index is 13.8. The Morgan fingerprint density at radius 1 is 0.395 bits per heavy atom. The Balaban J connectivity index is 1.02. The monoisotopic (exact) mass is 1820 g/mol. The number of benzene rings is 2. The van der Waals surface area contributed by atoms with Gasteiger partial charge in [-0.2, -0.15) is 0 Å². The van der Waals surface area contributed by atoms with Gasteiger partial charge in [0.25, 0.3) is 11.8 Å². The third kappa shape index (κ3) is 55.1. The summed E-state index contributed by atoms with van der Waals surface area (Å²) < 4.78 is 74.7. The van der Waals surface area contributed by atoms with E-state index < -0.39 is 98.0 Å². The zero-order valence-electron chi connectivity index (χ0n) is 74.7. The Bertz CT molecular complexity index is 3610. The minimum Gasteiger partial charge on any atom is -0.379 e. The molecule has 2 aromatic carbocycles. The van der Waals surface area contributed by atoms with Gasteiger partial charge >= 0.3 is 0 Å². The standard InChI is InChI=1S/C87H136N14O28/c1-67(102)58-92-86(115)73(56-69-12-6-3-7-13-69)96-80(109)62-90-77(106)59-88-75(104)23-32-117-40-42-121-36-28-99(29-37-122-43-41-118-33-24-76(105)89-60-78(107)91-63-81(110)97-74(57-70-14-8-4-9-15-70)87(116)93-61-79(108)94-66-129-65-68(2)103)72-19-17-71(18-20-72)95-82(111)64-98-26-34-119-44-48-125-52-54-127-50-46-123-38-30-100(31-39-124-47-51-128-55-53-126-49-45-120-35-27-98)83(112)16-10-5-11-25-101-84(113)21-22-85(101)114/h3-4,6-9,12-15,21-22,71-74H,5,10-11,16-20,23-66H2,1-2H3,(H,88,104)(H,89,105)(H,90,106)(H,91,107)(H,92,115)(H,93,116)(H,94,108)(H,95,111)(H,96,109)(H,97,110)/t71?,72?,73-,74-/m0/s1. The van der Waals surface area contributed by atoms with Crippen LogP contribution < -0.4 is 53.2 Å². The van der Waals surface area contributed by atoms with Gasteiger partial charge in [0.05, 0.1) is 204 Å². The Labute approximate surface area is 754 Å². The predicted molar refractivity (Wildman–Crippen MR) is 465 cm³/mol. The zero-order chi connectivity index (χ0) is 93.0. The van der Waals surface area contributed by atoms with Crippen LogP contribution in [-0.2, 0) is 146 Å². The highest BCUT2D eigenvalue weighted by atomic mass is 16.6. The molecule has 3 aliphatic rings. The fourth-order valence-electron chi connectivity index (χ4n) is 12.9. The Morgan fingerprint density at radius 2 is 0.791 bits per heavy atom. The van der Waals surface area contributed by atoms with Gasteiger partial charge in [0, 0.05) is 102 Å². The van der Waals surface area contributed by atoms with Crippen molar-refractivity contribution in [2.45, 2.75) is 115 Å². The molecule has 1 aliphatic carbocycles. The molecule has 2 aromatic rings. The van der Waals surface area contributed by atoms with Crippen molar-refractivity contribution >= 4 is 88.4 Å². The first-order valence-corrected chi connectivity index (χ1v) is 44.2. The van der Waals surface area contributed by atoms with Gasteiger partial charge < -0.3 is 120 Å². The number of carbonyl (C=O) groups excluding carboxylic acids is 15. The number of ether oxygens (including phenoxy) is 13. The van der Waals surface area contributed by atoms with Gasteiger partial charge in [-0.15, -0.1) is 0 Å². The van der Waals surface area contributed by atoms with Gasteiger partial charge in [-0.3, -0.25) is 86.6 Å². The maximum absolute atomic E-state index is 13.8. The van der Waals surface area contributed by atoms with Crippen LogP contribution in [0.4, 0.5) is 0 Å². The molecule has 722 valence electrons. The molecule has 13 amide bonds. The van der Waals surface area contributed by atoms with Crippen molar-refractivity contribution in [1.82, 2.24) is 72.8 Å². The van der Waals surface area contributed by atoms with E-state index in [4.69, 9.17) is 61.6 Å². The normalized spacial score (nSPS) is 17.1. The van der Waals surface area contributed by atoms with Crippen LogP contribution in [-0.4, -0.2) is 396 Å². The molecule has 42 nitrogen and oxygen atoms in total. The smallest absolute Gasteiger partial charge is 0.253 e. The molecule has 2 fully saturated rings. The first kappa shape index (κ1) is 110. The zero-order valence-corrected chi connectivity index (χ0v) is 74.7. The van der Waals surface area contributed by atoms with Crippen molar-refractivity contribution in [3.05, 3.63) is 83.9 Å². The lowest BCUT2D eigenvalue weighted by atomic mass is 9.90. The van der Waals surface area contributed by atoms with Gasteiger partial charge in [0.2, 0.25) is 65.0 Å². The number of hydrogen-bond donors (Lipinski definition) is 10. The fourth-order valence-corrected chi connectivity index (χ4v) is 12.9. The van der Waals surface area contributed by atoms with Gasteiger partial charge in [-0.25, -0.2) is 0 Å². The van der Waals surface area contributed by atoms with Gasteiger partial charge in [0.1, 0.15) is 31.2 Å². The van der Waals surface area contributed by atoms with E-state index in [1.54, 1.807) is 59.5 Å². The summed E-state index contributed by atoms with van der Waals surface area (Å²) in [6.07, 6.45) is 7.73. The molecule has 2 aliphatic heterocycles. The first-order chi connectivity index (χ1) is 62.6. The molecule has 0 radical (unpaired) electrons. The molecule has 0 spiro atoms. The van der Waals surface area contributed by atoms with Crippen molar-refractivity contribution in [1.29, 1.82) is 0 Å². The second-order valence-corrected chi connectivity index (χ2v) is 30.2. The predicted octanol–water partition coefficient (Wildman–Crippen LogP) is -3.25. The van der Waals surface area contributed by atoms with E-state index in [1.807, 2.05) is 11.0 Å². The molecule has 1 saturated heterocycles. The van der Waals surface area contributed by atoms with Crippen molar-refractivity contribution in [2.24, 2.45) is 0 Å². The molecule has 2 atom stereocenters. The maximum Gasteiger partial charge on any atom is 0.253 e. The largest absolute Gasteiger partial charge is 0.379 e. The summed E-state index contributed by atoms with van der Waals surface area (Å²) in [5, 5.41) is 25.6. The molecule has 0 unspecified atom stereocenters. The quantitative estimate of drug-likeness (QED) is 0.0177. The highest BCUT2D eigenvalue weighted by molar-refractivity contribution is 6.12. The number of rotatable bonds is 52. The molecular formula is C87H136N14O28. The lowest BCUT2D eigenvalue weighted by Crippen LogP contribution is -2.52. The molecule has 0 aromatic heterocycles. The van der Waals surface area contributed by atoms with E-state index in [1.165, 1.54) is 30.9 Å². The Morgan fingerprint density at radius 3 is 1.23 bits per heavy atom. The summed E-state index contributed by atoms with van der Waals surface area (Å²) in [4.78, 5) is 195. The molecule has 2 heterocycles. The van der Waals surface area contributed by atoms with E-state index in [-0.39, 0.29) is 139 Å². The summed E-state index contributed by atoms with van der Waals surface area (Å²) >= 11 is 0. The van der Waals surface area contributed by atoms with Crippen LogP contribution in [0.3, 0.4) is 0 Å². The lowest BCUT2D eigenvalue weighted by molar-refractivity contribution is -0.137. The number of ketones is 2. The number of nitrogens with zero attached hydrogens (tertiary/aromatic N) is 4. The number of carbonyl (C=O) groups is 15. The van der Waals surface area contributed by atoms with Gasteiger partial charge in [0.15, 0.2) is 5.78 Å². The lowest BCUT2D eigenvalue weighted by Gasteiger charge is -2.37. The van der Waals surface area contributed by atoms with Crippen molar-refractivity contribution in [3.63, 3.8) is 0 Å². The van der Waals surface area contributed by atoms with Crippen molar-refractivity contribution < 1.29 is 133 Å². The van der Waals surface area contributed by atoms with Crippen LogP contribution in [0.15, 0.2) is 72.8 Å². The average Bonchev–Trinajstić information content (AvgIpc) is 1.71. The average molecular weight is 1830 g/mol. The van der Waals surface area contributed by atoms with Crippen LogP contribution in [0.1, 0.15) is 89.2 Å². The molecule has 129 heavy (non-hydrogen) atoms. The summed E-state index contributed by atoms with van der Waals surface area (Å²) in [7, 11) is 0. The number of hydrogen-bond acceptors (Lipinski definition) is 30. The molecule has 1 saturated carbocycles. The van der Waals surface area contributed by atoms with Crippen LogP contribution in [0.5, 0.6) is 0 Å². The molecule has 42 heteroatoms. The number of nitrogens with one attached hydrogen (secondary N) is 10. The minimum atomic E-state index is -1.12. The highest BCUT2D eigenvalue weighted by Gasteiger charge is 2.30. The minimum absolute atomic E-state index is 0.0183. The number of amides is 13. The topological polar surface area (TPSA) is 509 Å². The van der Waals surface area contributed by atoms with Crippen LogP contribution in [0, 0.1) is 0 Å². The van der Waals surface area contributed by atoms with E-state index in [2.05, 4.69) is 58.1 Å². The molecular weight excluding hydrogens is 1690 g/mol. The molecule has 0 bridgehead atoms. The SMILES string of the molecule is CC(=O)CNC(=O)[C@H](Cc1ccccc1)NC(=O)CNC(=O)CNC(=O)CCOCCOCCN(CCOCCOCCC(=O)NCC(=O)NCC(=O)N[C@@H](Cc1ccccc1)C(=O)NCC(=O)NCOCC(C)=O)C1CCC(NC(=O)CN2CCOCCOCCOCCOCCN(C(=O)CCCCCN3C(=O)C=CC3=O)CCOCCOCCOCCOCC2)CC1. The first-order valence-electron chi connectivity index (χ1n) is 44.2. The second kappa shape index (κ2) is 70.1. The number of unbranched alkanes of at least 4 members (excludes halogenated alkanes) is 2. The summed E-state index contributed by atoms with van der Waals surface area (Å²) in [5.41, 5.74) is 1.48. The second-order valence-electron chi connectivity index (χ2n) is 30.2. The van der Waals surface area contributed by atoms with E-state index in [0.29, 0.717) is 209 Å². The van der Waals surface area contributed by atoms with Gasteiger partial charge in [-0.05, 0) is 63.5 Å². The number of Topliss-reactive ketones (excluding diaryl/α,β-unsaturated/α-hetero) is 2. The molecule has 5 rings (SSSR count). The Kier molecular flexibility index (Phi) is 59.7.